The number of nitrogens with zero attached hydrogens (tertiary/aromatic N) is 4. The van der Waals surface area contributed by atoms with Crippen LogP contribution in [0, 0.1) is 0 Å². The molecule has 154 valence electrons. The summed E-state index contributed by atoms with van der Waals surface area (Å²) >= 11 is 0. The third-order valence-electron chi connectivity index (χ3n) is 5.33. The van der Waals surface area contributed by atoms with Crippen LogP contribution in [0.5, 0.6) is 0 Å². The Balaban J connectivity index is 1.44. The zero-order valence-corrected chi connectivity index (χ0v) is 15.4. The molecule has 7 nitrogen and oxygen atoms in total. The second-order valence-electron chi connectivity index (χ2n) is 7.36. The van der Waals surface area contributed by atoms with Gasteiger partial charge in [-0.3, -0.25) is 4.68 Å². The number of rotatable bonds is 5. The highest BCUT2D eigenvalue weighted by atomic mass is 19.4. The third-order valence-corrected chi connectivity index (χ3v) is 5.33. The molecule has 0 aliphatic carbocycles. The van der Waals surface area contributed by atoms with Gasteiger partial charge in [0, 0.05) is 25.8 Å². The van der Waals surface area contributed by atoms with Gasteiger partial charge in [0.15, 0.2) is 5.69 Å². The molecular weight excluding hydrogens is 389 g/mol. The standard InChI is InChI=1S/C19H19F3N4O3/c20-19(21,22)16-15(17(27)28)11-25(23-16)9-13-5-3-12(4-6-13)8-24-10-14-2-1-7-26(14)18(24)29/h3-6,11,14H,1-2,7-10H2,(H,27,28). The Labute approximate surface area is 164 Å². The summed E-state index contributed by atoms with van der Waals surface area (Å²) in [5.74, 6) is -1.67. The summed E-state index contributed by atoms with van der Waals surface area (Å²) in [4.78, 5) is 27.1. The van der Waals surface area contributed by atoms with Gasteiger partial charge >= 0.3 is 18.2 Å². The highest BCUT2D eigenvalue weighted by Gasteiger charge is 2.40. The number of halogens is 3. The van der Waals surface area contributed by atoms with E-state index in [1.165, 1.54) is 0 Å². The second kappa shape index (κ2) is 7.09. The molecule has 29 heavy (non-hydrogen) atoms. The molecule has 2 aliphatic rings. The van der Waals surface area contributed by atoms with E-state index in [1.54, 1.807) is 17.0 Å². The van der Waals surface area contributed by atoms with Crippen LogP contribution in [0.1, 0.15) is 40.0 Å². The van der Waals surface area contributed by atoms with Gasteiger partial charge in [0.2, 0.25) is 0 Å². The summed E-state index contributed by atoms with van der Waals surface area (Å²) in [7, 11) is 0. The number of benzene rings is 1. The van der Waals surface area contributed by atoms with E-state index in [0.29, 0.717) is 24.7 Å². The Morgan fingerprint density at radius 2 is 1.83 bits per heavy atom. The van der Waals surface area contributed by atoms with Crippen molar-refractivity contribution in [3.8, 4) is 0 Å². The lowest BCUT2D eigenvalue weighted by Crippen LogP contribution is -2.31. The predicted octanol–water partition coefficient (Wildman–Crippen LogP) is 3.05. The van der Waals surface area contributed by atoms with Gasteiger partial charge in [-0.05, 0) is 24.0 Å². The molecule has 1 N–H and O–H groups in total. The van der Waals surface area contributed by atoms with Crippen molar-refractivity contribution in [1.29, 1.82) is 0 Å². The van der Waals surface area contributed by atoms with E-state index in [9.17, 15) is 22.8 Å². The van der Waals surface area contributed by atoms with Gasteiger partial charge in [-0.25, -0.2) is 9.59 Å². The summed E-state index contributed by atoms with van der Waals surface area (Å²) in [5.41, 5.74) is -0.682. The van der Waals surface area contributed by atoms with Crippen LogP contribution in [-0.4, -0.2) is 55.8 Å². The van der Waals surface area contributed by atoms with Crippen LogP contribution in [0.15, 0.2) is 30.5 Å². The van der Waals surface area contributed by atoms with E-state index < -0.39 is 23.4 Å². The lowest BCUT2D eigenvalue weighted by molar-refractivity contribution is -0.142. The molecule has 2 aliphatic heterocycles. The maximum atomic E-state index is 12.9. The highest BCUT2D eigenvalue weighted by Crippen LogP contribution is 2.31. The summed E-state index contributed by atoms with van der Waals surface area (Å²) in [6.45, 7) is 2.01. The van der Waals surface area contributed by atoms with Crippen LogP contribution in [-0.2, 0) is 19.3 Å². The van der Waals surface area contributed by atoms with Gasteiger partial charge in [-0.15, -0.1) is 0 Å². The fourth-order valence-corrected chi connectivity index (χ4v) is 3.95. The molecule has 2 saturated heterocycles. The quantitative estimate of drug-likeness (QED) is 0.825. The van der Waals surface area contributed by atoms with Gasteiger partial charge in [0.25, 0.3) is 0 Å². The molecule has 0 radical (unpaired) electrons. The zero-order chi connectivity index (χ0) is 20.8. The molecule has 10 heteroatoms. The van der Waals surface area contributed by atoms with Crippen molar-refractivity contribution in [2.75, 3.05) is 13.1 Å². The van der Waals surface area contributed by atoms with Crippen LogP contribution in [0.3, 0.4) is 0 Å². The number of carbonyl (C=O) groups is 2. The first-order valence-corrected chi connectivity index (χ1v) is 9.23. The lowest BCUT2D eigenvalue weighted by atomic mass is 10.1. The molecule has 1 aromatic carbocycles. The Morgan fingerprint density at radius 1 is 1.17 bits per heavy atom. The Bertz CT molecular complexity index is 939. The monoisotopic (exact) mass is 408 g/mol. The Hall–Kier alpha value is -3.04. The van der Waals surface area contributed by atoms with Gasteiger partial charge in [0.1, 0.15) is 5.56 Å². The van der Waals surface area contributed by atoms with E-state index in [0.717, 1.165) is 35.8 Å². The fraction of sp³-hybridized carbons (Fsp3) is 0.421. The number of carbonyl (C=O) groups excluding carboxylic acids is 1. The lowest BCUT2D eigenvalue weighted by Gasteiger charge is -2.17. The first-order chi connectivity index (χ1) is 13.7. The first kappa shape index (κ1) is 19.3. The second-order valence-corrected chi connectivity index (χ2v) is 7.36. The number of hydrogen-bond donors (Lipinski definition) is 1. The summed E-state index contributed by atoms with van der Waals surface area (Å²) < 4.78 is 39.8. The molecule has 1 unspecified atom stereocenters. The van der Waals surface area contributed by atoms with E-state index in [4.69, 9.17) is 5.11 Å². The SMILES string of the molecule is O=C(O)c1cn(Cc2ccc(CN3CC4CCCN4C3=O)cc2)nc1C(F)(F)F. The van der Waals surface area contributed by atoms with E-state index >= 15 is 0 Å². The number of carboxylic acids is 1. The van der Waals surface area contributed by atoms with Crippen molar-refractivity contribution in [1.82, 2.24) is 19.6 Å². The minimum atomic E-state index is -4.83. The van der Waals surface area contributed by atoms with E-state index in [-0.39, 0.29) is 12.6 Å². The number of fused-ring (bicyclic) bond motifs is 1. The van der Waals surface area contributed by atoms with Crippen molar-refractivity contribution in [3.05, 3.63) is 52.8 Å². The van der Waals surface area contributed by atoms with Crippen molar-refractivity contribution < 1.29 is 27.9 Å². The first-order valence-electron chi connectivity index (χ1n) is 9.23. The Kier molecular flexibility index (Phi) is 4.71. The topological polar surface area (TPSA) is 78.7 Å². The summed E-state index contributed by atoms with van der Waals surface area (Å²) in [5, 5.41) is 12.4. The van der Waals surface area contributed by atoms with Crippen molar-refractivity contribution in [2.24, 2.45) is 0 Å². The van der Waals surface area contributed by atoms with Crippen molar-refractivity contribution >= 4 is 12.0 Å². The molecule has 0 spiro atoms. The smallest absolute Gasteiger partial charge is 0.436 e. The molecule has 0 saturated carbocycles. The summed E-state index contributed by atoms with van der Waals surface area (Å²) in [6.07, 6.45) is -1.87. The molecular formula is C19H19F3N4O3. The molecule has 2 aromatic rings. The molecule has 1 aromatic heterocycles. The maximum Gasteiger partial charge on any atom is 0.436 e. The number of aromatic carboxylic acids is 1. The van der Waals surface area contributed by atoms with Crippen LogP contribution >= 0.6 is 0 Å². The van der Waals surface area contributed by atoms with Crippen molar-refractivity contribution in [3.63, 3.8) is 0 Å². The zero-order valence-electron chi connectivity index (χ0n) is 15.4. The van der Waals surface area contributed by atoms with E-state index in [1.807, 2.05) is 17.0 Å². The minimum absolute atomic E-state index is 0.00906. The van der Waals surface area contributed by atoms with Crippen LogP contribution in [0.2, 0.25) is 0 Å². The van der Waals surface area contributed by atoms with Crippen molar-refractivity contribution in [2.45, 2.75) is 38.1 Å². The third kappa shape index (κ3) is 3.79. The highest BCUT2D eigenvalue weighted by molar-refractivity contribution is 5.88. The number of amides is 2. The van der Waals surface area contributed by atoms with Gasteiger partial charge in [0.05, 0.1) is 12.6 Å². The Morgan fingerprint density at radius 3 is 2.38 bits per heavy atom. The number of aromatic nitrogens is 2. The molecule has 2 fully saturated rings. The molecule has 3 heterocycles. The van der Waals surface area contributed by atoms with Crippen LogP contribution < -0.4 is 0 Å². The number of alkyl halides is 3. The minimum Gasteiger partial charge on any atom is -0.478 e. The molecule has 1 atom stereocenters. The predicted molar refractivity (Wildman–Crippen MR) is 95.3 cm³/mol. The van der Waals surface area contributed by atoms with Gasteiger partial charge < -0.3 is 14.9 Å². The number of urea groups is 1. The molecule has 2 amide bonds. The average Bonchev–Trinajstić information content (AvgIpc) is 3.34. The number of hydrogen-bond acceptors (Lipinski definition) is 3. The van der Waals surface area contributed by atoms with Crippen LogP contribution in [0.4, 0.5) is 18.0 Å². The fourth-order valence-electron chi connectivity index (χ4n) is 3.95. The maximum absolute atomic E-state index is 12.9. The molecule has 0 bridgehead atoms. The summed E-state index contributed by atoms with van der Waals surface area (Å²) in [6, 6.07) is 7.47. The van der Waals surface area contributed by atoms with Gasteiger partial charge in [-0.1, -0.05) is 24.3 Å². The largest absolute Gasteiger partial charge is 0.478 e. The molecule has 4 rings (SSSR count). The number of carboxylic acid groups (broad SMARTS) is 1. The van der Waals surface area contributed by atoms with E-state index in [2.05, 4.69) is 5.10 Å². The van der Waals surface area contributed by atoms with Gasteiger partial charge in [-0.2, -0.15) is 18.3 Å². The van der Waals surface area contributed by atoms with Crippen LogP contribution in [0.25, 0.3) is 0 Å². The normalized spacial score (nSPS) is 19.1. The average molecular weight is 408 g/mol.